The van der Waals surface area contributed by atoms with Crippen LogP contribution in [0.15, 0.2) is 83.7 Å². The van der Waals surface area contributed by atoms with Crippen LogP contribution in [0.4, 0.5) is 0 Å². The van der Waals surface area contributed by atoms with Gasteiger partial charge < -0.3 is 23.8 Å². The number of methoxy groups -OCH3 is 3. The van der Waals surface area contributed by atoms with Gasteiger partial charge in [-0.25, -0.2) is 4.99 Å². The van der Waals surface area contributed by atoms with Crippen molar-refractivity contribution in [2.24, 2.45) is 12.0 Å². The van der Waals surface area contributed by atoms with E-state index in [0.717, 1.165) is 32.9 Å². The number of H-pyrrole nitrogens is 1. The lowest BCUT2D eigenvalue weighted by Crippen LogP contribution is -2.34. The van der Waals surface area contributed by atoms with Gasteiger partial charge in [0, 0.05) is 58.9 Å². The van der Waals surface area contributed by atoms with Gasteiger partial charge in [0.25, 0.3) is 5.91 Å². The average Bonchev–Trinajstić information content (AvgIpc) is 3.64. The Bertz CT molecular complexity index is 1790. The van der Waals surface area contributed by atoms with Gasteiger partial charge >= 0.3 is 0 Å². The summed E-state index contributed by atoms with van der Waals surface area (Å²) in [5, 5.41) is 2.21. The number of carbonyl (C=O) groups excluding carboxylic acids is 1. The van der Waals surface area contributed by atoms with Crippen LogP contribution in [0.5, 0.6) is 17.2 Å². The Hall–Kier alpha value is -4.98. The number of nitrogens with one attached hydrogen (secondary N) is 1. The van der Waals surface area contributed by atoms with E-state index in [-0.39, 0.29) is 5.91 Å². The van der Waals surface area contributed by atoms with Crippen LogP contribution in [0.1, 0.15) is 16.7 Å². The van der Waals surface area contributed by atoms with Crippen LogP contribution in [0.3, 0.4) is 0 Å². The van der Waals surface area contributed by atoms with E-state index >= 15 is 0 Å². The molecule has 3 heterocycles. The number of benzene rings is 3. The molecule has 0 bridgehead atoms. The van der Waals surface area contributed by atoms with Crippen LogP contribution >= 0.6 is 0 Å². The van der Waals surface area contributed by atoms with Crippen molar-refractivity contribution in [2.45, 2.75) is 6.42 Å². The van der Waals surface area contributed by atoms with Crippen molar-refractivity contribution in [1.82, 2.24) is 14.5 Å². The number of nitrogens with zero attached hydrogens (tertiary/aromatic N) is 3. The second-order valence-electron chi connectivity index (χ2n) is 9.66. The van der Waals surface area contributed by atoms with Crippen molar-refractivity contribution in [3.63, 3.8) is 0 Å². The molecule has 0 saturated carbocycles. The van der Waals surface area contributed by atoms with Crippen molar-refractivity contribution in [2.75, 3.05) is 27.9 Å². The van der Waals surface area contributed by atoms with Crippen molar-refractivity contribution in [1.29, 1.82) is 0 Å². The molecule has 8 nitrogen and oxygen atoms in total. The molecule has 0 radical (unpaired) electrons. The molecule has 5 aromatic rings. The number of hydrogen-bond acceptors (Lipinski definition) is 5. The van der Waals surface area contributed by atoms with Gasteiger partial charge in [-0.1, -0.05) is 36.4 Å². The van der Waals surface area contributed by atoms with E-state index in [1.165, 1.54) is 0 Å². The number of carbonyl (C=O) groups is 1. The molecule has 0 aliphatic carbocycles. The first-order chi connectivity index (χ1) is 19.5. The van der Waals surface area contributed by atoms with E-state index in [0.29, 0.717) is 47.3 Å². The summed E-state index contributed by atoms with van der Waals surface area (Å²) >= 11 is 0. The number of fused-ring (bicyclic) bond motifs is 2. The third-order valence-corrected chi connectivity index (χ3v) is 7.37. The van der Waals surface area contributed by atoms with E-state index < -0.39 is 0 Å². The van der Waals surface area contributed by atoms with Gasteiger partial charge in [-0.3, -0.25) is 9.69 Å². The summed E-state index contributed by atoms with van der Waals surface area (Å²) in [6.45, 7) is 0.447. The van der Waals surface area contributed by atoms with Gasteiger partial charge in [-0.2, -0.15) is 0 Å². The second-order valence-corrected chi connectivity index (χ2v) is 9.66. The molecule has 1 aliphatic rings. The predicted molar refractivity (Wildman–Crippen MR) is 157 cm³/mol. The van der Waals surface area contributed by atoms with E-state index in [1.54, 1.807) is 26.2 Å². The molecule has 3 aromatic carbocycles. The standard InChI is InChI=1S/C32H30N4O4/c1-35-19-22(24-10-6-8-12-27(24)35)15-26-32(37)36(14-13-20-18-33-25-11-7-5-9-23(20)25)31(34-26)21-16-28(38-2)30(40-4)29(17-21)39-3/h5-12,15-19,33H,13-14H2,1-4H3/b26-15-. The van der Waals surface area contributed by atoms with Gasteiger partial charge in [0.15, 0.2) is 11.5 Å². The number of ether oxygens (including phenoxy) is 3. The number of hydrogen-bond donors (Lipinski definition) is 1. The van der Waals surface area contributed by atoms with E-state index in [9.17, 15) is 4.79 Å². The van der Waals surface area contributed by atoms with Crippen LogP contribution in [-0.2, 0) is 18.3 Å². The Morgan fingerprint density at radius 2 is 1.62 bits per heavy atom. The van der Waals surface area contributed by atoms with Crippen LogP contribution in [0.2, 0.25) is 0 Å². The number of rotatable bonds is 8. The minimum absolute atomic E-state index is 0.156. The monoisotopic (exact) mass is 534 g/mol. The average molecular weight is 535 g/mol. The molecule has 1 amide bonds. The summed E-state index contributed by atoms with van der Waals surface area (Å²) in [6.07, 6.45) is 6.55. The third kappa shape index (κ3) is 4.27. The minimum atomic E-state index is -0.156. The molecule has 8 heteroatoms. The summed E-state index contributed by atoms with van der Waals surface area (Å²) in [4.78, 5) is 23.9. The number of para-hydroxylation sites is 2. The van der Waals surface area contributed by atoms with Gasteiger partial charge in [0.2, 0.25) is 5.75 Å². The van der Waals surface area contributed by atoms with Crippen LogP contribution in [0.25, 0.3) is 27.9 Å². The quantitative estimate of drug-likeness (QED) is 0.265. The van der Waals surface area contributed by atoms with E-state index in [4.69, 9.17) is 19.2 Å². The van der Waals surface area contributed by atoms with E-state index in [1.807, 2.05) is 68.0 Å². The third-order valence-electron chi connectivity index (χ3n) is 7.37. The largest absolute Gasteiger partial charge is 0.493 e. The molecule has 0 saturated heterocycles. The molecule has 2 aromatic heterocycles. The fourth-order valence-electron chi connectivity index (χ4n) is 5.39. The van der Waals surface area contributed by atoms with Crippen molar-refractivity contribution >= 4 is 39.6 Å². The Morgan fingerprint density at radius 1 is 0.925 bits per heavy atom. The molecule has 1 N–H and O–H groups in total. The maximum Gasteiger partial charge on any atom is 0.278 e. The van der Waals surface area contributed by atoms with Crippen molar-refractivity contribution in [3.8, 4) is 17.2 Å². The van der Waals surface area contributed by atoms with Gasteiger partial charge in [-0.05, 0) is 42.3 Å². The Kier molecular flexibility index (Phi) is 6.51. The highest BCUT2D eigenvalue weighted by Gasteiger charge is 2.32. The first kappa shape index (κ1) is 25.3. The Labute approximate surface area is 232 Å². The normalized spacial score (nSPS) is 14.4. The van der Waals surface area contributed by atoms with E-state index in [2.05, 4.69) is 27.8 Å². The summed E-state index contributed by atoms with van der Waals surface area (Å²) in [6, 6.07) is 19.9. The zero-order chi connectivity index (χ0) is 27.8. The maximum atomic E-state index is 13.9. The Morgan fingerprint density at radius 3 is 2.35 bits per heavy atom. The zero-order valence-corrected chi connectivity index (χ0v) is 22.9. The highest BCUT2D eigenvalue weighted by Crippen LogP contribution is 2.39. The number of amides is 1. The lowest BCUT2D eigenvalue weighted by atomic mass is 10.1. The molecular formula is C32H30N4O4. The molecule has 202 valence electrons. The highest BCUT2D eigenvalue weighted by atomic mass is 16.5. The van der Waals surface area contributed by atoms with Gasteiger partial charge in [0.1, 0.15) is 11.5 Å². The fraction of sp³-hybridized carbons (Fsp3) is 0.188. The number of aromatic amines is 1. The lowest BCUT2D eigenvalue weighted by molar-refractivity contribution is -0.122. The molecule has 0 spiro atoms. The molecule has 40 heavy (non-hydrogen) atoms. The predicted octanol–water partition coefficient (Wildman–Crippen LogP) is 5.56. The van der Waals surface area contributed by atoms with Crippen LogP contribution in [0, 0.1) is 0 Å². The first-order valence-electron chi connectivity index (χ1n) is 13.0. The molecule has 1 aliphatic heterocycles. The lowest BCUT2D eigenvalue weighted by Gasteiger charge is -2.20. The molecule has 0 atom stereocenters. The number of aromatic nitrogens is 2. The SMILES string of the molecule is COc1cc(C2=N/C(=C\c3cn(C)c4ccccc34)C(=O)N2CCc2c[nH]c3ccccc23)cc(OC)c1OC. The first-order valence-corrected chi connectivity index (χ1v) is 13.0. The van der Waals surface area contributed by atoms with Crippen molar-refractivity contribution in [3.05, 3.63) is 95.4 Å². The minimum Gasteiger partial charge on any atom is -0.493 e. The Balaban J connectivity index is 1.44. The number of aliphatic imine (C=N–C) groups is 1. The summed E-state index contributed by atoms with van der Waals surface area (Å²) < 4.78 is 18.8. The summed E-state index contributed by atoms with van der Waals surface area (Å²) in [5.74, 6) is 1.85. The number of amidine groups is 1. The molecule has 0 fully saturated rings. The molecule has 6 rings (SSSR count). The maximum absolute atomic E-state index is 13.9. The smallest absolute Gasteiger partial charge is 0.278 e. The highest BCUT2D eigenvalue weighted by molar-refractivity contribution is 6.20. The van der Waals surface area contributed by atoms with Crippen molar-refractivity contribution < 1.29 is 19.0 Å². The number of aryl methyl sites for hydroxylation is 1. The molecule has 0 unspecified atom stereocenters. The summed E-state index contributed by atoms with van der Waals surface area (Å²) in [5.41, 5.74) is 5.30. The topological polar surface area (TPSA) is 81.1 Å². The summed E-state index contributed by atoms with van der Waals surface area (Å²) in [7, 11) is 6.71. The zero-order valence-electron chi connectivity index (χ0n) is 22.9. The molecular weight excluding hydrogens is 504 g/mol. The van der Waals surface area contributed by atoms with Gasteiger partial charge in [-0.15, -0.1) is 0 Å². The fourth-order valence-corrected chi connectivity index (χ4v) is 5.39. The van der Waals surface area contributed by atoms with Gasteiger partial charge in [0.05, 0.1) is 21.3 Å². The van der Waals surface area contributed by atoms with Crippen LogP contribution in [-0.4, -0.2) is 54.1 Å². The van der Waals surface area contributed by atoms with Crippen LogP contribution < -0.4 is 14.2 Å². The second kappa shape index (κ2) is 10.3.